The predicted molar refractivity (Wildman–Crippen MR) is 34.2 cm³/mol. The van der Waals surface area contributed by atoms with Crippen LogP contribution in [0.1, 0.15) is 0 Å². The lowest BCUT2D eigenvalue weighted by atomic mass is 10.5. The average Bonchev–Trinajstić information content (AvgIpc) is 1.82. The van der Waals surface area contributed by atoms with Crippen LogP contribution in [-0.2, 0) is 0 Å². The first-order chi connectivity index (χ1) is 4.61. The Kier molecular flexibility index (Phi) is 2.06. The maximum Gasteiger partial charge on any atom is 0.217 e. The molecule has 0 saturated heterocycles. The lowest BCUT2D eigenvalue weighted by Crippen LogP contribution is -1.87. The normalized spacial score (nSPS) is 10.0. The molecule has 0 aliphatic rings. The van der Waals surface area contributed by atoms with E-state index < -0.39 is 11.8 Å². The van der Waals surface area contributed by atoms with Crippen LogP contribution >= 0.6 is 23.2 Å². The molecule has 0 atom stereocenters. The van der Waals surface area contributed by atoms with E-state index in [0.29, 0.717) is 6.07 Å². The van der Waals surface area contributed by atoms with Gasteiger partial charge in [0.1, 0.15) is 10.8 Å². The Morgan fingerprint density at radius 2 is 1.90 bits per heavy atom. The SMILES string of the molecule is Fc1cc(F)c(Cl)c(Cl)n1. The van der Waals surface area contributed by atoms with Gasteiger partial charge in [-0.1, -0.05) is 23.2 Å². The van der Waals surface area contributed by atoms with Gasteiger partial charge in [0, 0.05) is 6.07 Å². The molecule has 1 nitrogen and oxygen atoms in total. The molecule has 54 valence electrons. The van der Waals surface area contributed by atoms with Crippen LogP contribution in [0.2, 0.25) is 10.2 Å². The molecule has 5 heteroatoms. The highest BCUT2D eigenvalue weighted by Crippen LogP contribution is 2.22. The van der Waals surface area contributed by atoms with Gasteiger partial charge in [0.05, 0.1) is 0 Å². The van der Waals surface area contributed by atoms with Crippen LogP contribution in [0.4, 0.5) is 8.78 Å². The fourth-order valence-corrected chi connectivity index (χ4v) is 0.709. The zero-order valence-corrected chi connectivity index (χ0v) is 6.05. The second kappa shape index (κ2) is 2.68. The van der Waals surface area contributed by atoms with Crippen molar-refractivity contribution < 1.29 is 8.78 Å². The molecule has 0 amide bonds. The maximum atomic E-state index is 12.3. The van der Waals surface area contributed by atoms with Gasteiger partial charge in [-0.3, -0.25) is 0 Å². The molecule has 10 heavy (non-hydrogen) atoms. The van der Waals surface area contributed by atoms with E-state index in [9.17, 15) is 8.78 Å². The van der Waals surface area contributed by atoms with E-state index in [1.165, 1.54) is 0 Å². The molecule has 0 saturated carbocycles. The van der Waals surface area contributed by atoms with Crippen LogP contribution in [0.5, 0.6) is 0 Å². The number of pyridine rings is 1. The van der Waals surface area contributed by atoms with Gasteiger partial charge in [-0.2, -0.15) is 4.39 Å². The second-order valence-electron chi connectivity index (χ2n) is 1.53. The van der Waals surface area contributed by atoms with E-state index >= 15 is 0 Å². The van der Waals surface area contributed by atoms with Gasteiger partial charge >= 0.3 is 0 Å². The first-order valence-electron chi connectivity index (χ1n) is 2.28. The number of nitrogens with zero attached hydrogens (tertiary/aromatic N) is 1. The van der Waals surface area contributed by atoms with Gasteiger partial charge < -0.3 is 0 Å². The molecular formula is C5HCl2F2N. The van der Waals surface area contributed by atoms with Gasteiger partial charge in [0.25, 0.3) is 0 Å². The van der Waals surface area contributed by atoms with Crippen molar-refractivity contribution in [2.24, 2.45) is 0 Å². The molecule has 0 aliphatic carbocycles. The zero-order chi connectivity index (χ0) is 7.72. The number of aromatic nitrogens is 1. The van der Waals surface area contributed by atoms with Crippen LogP contribution in [-0.4, -0.2) is 4.98 Å². The van der Waals surface area contributed by atoms with Gasteiger partial charge in [-0.15, -0.1) is 0 Å². The summed E-state index contributed by atoms with van der Waals surface area (Å²) in [5, 5.41) is -0.720. The minimum absolute atomic E-state index is 0.358. The summed E-state index contributed by atoms with van der Waals surface area (Å²) >= 11 is 10.4. The summed E-state index contributed by atoms with van der Waals surface area (Å²) in [5.74, 6) is -1.88. The number of rotatable bonds is 0. The molecule has 1 aromatic heterocycles. The van der Waals surface area contributed by atoms with Crippen molar-refractivity contribution in [2.45, 2.75) is 0 Å². The summed E-state index contributed by atoms with van der Waals surface area (Å²) in [7, 11) is 0. The molecule has 1 aromatic rings. The van der Waals surface area contributed by atoms with E-state index in [4.69, 9.17) is 23.2 Å². The van der Waals surface area contributed by atoms with Crippen molar-refractivity contribution in [1.29, 1.82) is 0 Å². The lowest BCUT2D eigenvalue weighted by molar-refractivity contribution is 0.552. The van der Waals surface area contributed by atoms with E-state index in [1.54, 1.807) is 0 Å². The van der Waals surface area contributed by atoms with Gasteiger partial charge in [-0.25, -0.2) is 9.37 Å². The lowest BCUT2D eigenvalue weighted by Gasteiger charge is -1.94. The Bertz CT molecular complexity index is 241. The molecule has 0 spiro atoms. The Morgan fingerprint density at radius 1 is 1.30 bits per heavy atom. The minimum atomic E-state index is -0.980. The summed E-state index contributed by atoms with van der Waals surface area (Å²) < 4.78 is 24.5. The fourth-order valence-electron chi connectivity index (χ4n) is 0.442. The molecule has 0 aromatic carbocycles. The quantitative estimate of drug-likeness (QED) is 0.564. The van der Waals surface area contributed by atoms with Gasteiger partial charge in [0.2, 0.25) is 5.95 Å². The van der Waals surface area contributed by atoms with Gasteiger partial charge in [-0.05, 0) is 0 Å². The maximum absolute atomic E-state index is 12.3. The Balaban J connectivity index is 3.31. The topological polar surface area (TPSA) is 12.9 Å². The highest BCUT2D eigenvalue weighted by Gasteiger charge is 2.07. The monoisotopic (exact) mass is 183 g/mol. The van der Waals surface area contributed by atoms with Crippen LogP contribution in [0.15, 0.2) is 6.07 Å². The Labute approximate surface area is 65.6 Å². The molecule has 0 unspecified atom stereocenters. The van der Waals surface area contributed by atoms with Crippen molar-refractivity contribution >= 4 is 23.2 Å². The largest absolute Gasteiger partial charge is 0.217 e. The van der Waals surface area contributed by atoms with Crippen molar-refractivity contribution in [1.82, 2.24) is 4.98 Å². The van der Waals surface area contributed by atoms with E-state index in [0.717, 1.165) is 0 Å². The molecule has 1 rings (SSSR count). The van der Waals surface area contributed by atoms with Crippen molar-refractivity contribution in [3.8, 4) is 0 Å². The second-order valence-corrected chi connectivity index (χ2v) is 2.27. The summed E-state index contributed by atoms with van der Waals surface area (Å²) in [5.41, 5.74) is 0. The molecular weight excluding hydrogens is 183 g/mol. The standard InChI is InChI=1S/C5HCl2F2N/c6-4-2(8)1-3(9)10-5(4)7/h1H. The van der Waals surface area contributed by atoms with Crippen molar-refractivity contribution in [2.75, 3.05) is 0 Å². The average molecular weight is 184 g/mol. The van der Waals surface area contributed by atoms with E-state index in [2.05, 4.69) is 4.98 Å². The fraction of sp³-hybridized carbons (Fsp3) is 0. The number of halogens is 4. The summed E-state index contributed by atoms with van der Waals surface area (Å²) in [6.45, 7) is 0. The zero-order valence-electron chi connectivity index (χ0n) is 4.54. The molecule has 1 heterocycles. The first kappa shape index (κ1) is 7.69. The highest BCUT2D eigenvalue weighted by atomic mass is 35.5. The molecule has 0 N–H and O–H groups in total. The van der Waals surface area contributed by atoms with Crippen molar-refractivity contribution in [3.63, 3.8) is 0 Å². The summed E-state index contributed by atoms with van der Waals surface area (Å²) in [6, 6.07) is 0.564. The first-order valence-corrected chi connectivity index (χ1v) is 3.04. The highest BCUT2D eigenvalue weighted by molar-refractivity contribution is 6.41. The van der Waals surface area contributed by atoms with Crippen LogP contribution in [0.3, 0.4) is 0 Å². The molecule has 0 aliphatic heterocycles. The van der Waals surface area contributed by atoms with Gasteiger partial charge in [0.15, 0.2) is 5.15 Å². The third kappa shape index (κ3) is 1.36. The number of hydrogen-bond acceptors (Lipinski definition) is 1. The van der Waals surface area contributed by atoms with Crippen LogP contribution in [0, 0.1) is 11.8 Å². The van der Waals surface area contributed by atoms with E-state index in [-0.39, 0.29) is 10.2 Å². The smallest absolute Gasteiger partial charge is 0.206 e. The summed E-state index contributed by atoms with van der Waals surface area (Å²) in [4.78, 5) is 3.06. The van der Waals surface area contributed by atoms with Crippen LogP contribution < -0.4 is 0 Å². The molecule has 0 radical (unpaired) electrons. The molecule has 0 fully saturated rings. The third-order valence-corrected chi connectivity index (χ3v) is 1.57. The minimum Gasteiger partial charge on any atom is -0.206 e. The van der Waals surface area contributed by atoms with Crippen molar-refractivity contribution in [3.05, 3.63) is 28.0 Å². The summed E-state index contributed by atoms with van der Waals surface area (Å²) in [6.07, 6.45) is 0. The third-order valence-electron chi connectivity index (χ3n) is 0.842. The number of hydrogen-bond donors (Lipinski definition) is 0. The Morgan fingerprint density at radius 3 is 2.40 bits per heavy atom. The Hall–Kier alpha value is -0.410. The molecule has 0 bridgehead atoms. The van der Waals surface area contributed by atoms with E-state index in [1.807, 2.05) is 0 Å². The van der Waals surface area contributed by atoms with Crippen LogP contribution in [0.25, 0.3) is 0 Å². The predicted octanol–water partition coefficient (Wildman–Crippen LogP) is 2.67.